The van der Waals surface area contributed by atoms with Crippen molar-refractivity contribution in [3.05, 3.63) is 28.3 Å². The van der Waals surface area contributed by atoms with Crippen LogP contribution in [0.4, 0.5) is 0 Å². The Morgan fingerprint density at radius 2 is 1.94 bits per heavy atom. The molecule has 0 spiro atoms. The summed E-state index contributed by atoms with van der Waals surface area (Å²) in [5.74, 6) is 0.816. The molecule has 3 nitrogen and oxygen atoms in total. The number of aliphatic hydroxyl groups excluding tert-OH is 1. The SMILES string of the molecule is COc1c(C)c(C)cc(C)c1C(CN)CO. The lowest BCUT2D eigenvalue weighted by Crippen LogP contribution is -2.18. The zero-order valence-corrected chi connectivity index (χ0v) is 10.5. The third-order valence-corrected chi connectivity index (χ3v) is 3.15. The Labute approximate surface area is 97.2 Å². The molecule has 0 aliphatic heterocycles. The van der Waals surface area contributed by atoms with E-state index in [1.807, 2.05) is 13.8 Å². The van der Waals surface area contributed by atoms with E-state index in [0.29, 0.717) is 6.54 Å². The summed E-state index contributed by atoms with van der Waals surface area (Å²) in [6, 6.07) is 2.12. The number of hydrogen-bond donors (Lipinski definition) is 2. The van der Waals surface area contributed by atoms with E-state index in [1.165, 1.54) is 5.56 Å². The molecule has 0 amide bonds. The van der Waals surface area contributed by atoms with Crippen LogP contribution in [0.2, 0.25) is 0 Å². The Hall–Kier alpha value is -1.06. The van der Waals surface area contributed by atoms with Gasteiger partial charge in [0.25, 0.3) is 0 Å². The average molecular weight is 223 g/mol. The van der Waals surface area contributed by atoms with Crippen molar-refractivity contribution in [1.82, 2.24) is 0 Å². The van der Waals surface area contributed by atoms with Crippen molar-refractivity contribution in [3.8, 4) is 5.75 Å². The fourth-order valence-corrected chi connectivity index (χ4v) is 2.13. The van der Waals surface area contributed by atoms with Gasteiger partial charge in [-0.25, -0.2) is 0 Å². The maximum absolute atomic E-state index is 9.35. The molecule has 1 rings (SSSR count). The van der Waals surface area contributed by atoms with E-state index in [0.717, 1.165) is 22.4 Å². The van der Waals surface area contributed by atoms with Crippen molar-refractivity contribution in [2.24, 2.45) is 5.73 Å². The monoisotopic (exact) mass is 223 g/mol. The molecule has 0 saturated heterocycles. The predicted octanol–water partition coefficient (Wildman–Crippen LogP) is 1.66. The third kappa shape index (κ3) is 2.20. The second kappa shape index (κ2) is 5.32. The minimum absolute atomic E-state index is 0.0470. The summed E-state index contributed by atoms with van der Waals surface area (Å²) < 4.78 is 5.46. The van der Waals surface area contributed by atoms with Gasteiger partial charge in [0.05, 0.1) is 13.7 Å². The van der Waals surface area contributed by atoms with Crippen LogP contribution in [0.25, 0.3) is 0 Å². The second-order valence-electron chi connectivity index (χ2n) is 4.20. The lowest BCUT2D eigenvalue weighted by Gasteiger charge is -2.21. The highest BCUT2D eigenvalue weighted by atomic mass is 16.5. The number of rotatable bonds is 4. The van der Waals surface area contributed by atoms with Gasteiger partial charge in [-0.2, -0.15) is 0 Å². The molecule has 16 heavy (non-hydrogen) atoms. The summed E-state index contributed by atoms with van der Waals surface area (Å²) in [6.07, 6.45) is 0. The second-order valence-corrected chi connectivity index (χ2v) is 4.20. The number of ether oxygens (including phenoxy) is 1. The fraction of sp³-hybridized carbons (Fsp3) is 0.538. The van der Waals surface area contributed by atoms with Crippen molar-refractivity contribution in [2.75, 3.05) is 20.3 Å². The zero-order chi connectivity index (χ0) is 12.3. The molecule has 1 aromatic rings. The Bertz CT molecular complexity index is 371. The van der Waals surface area contributed by atoms with Crippen molar-refractivity contribution in [3.63, 3.8) is 0 Å². The number of nitrogens with two attached hydrogens (primary N) is 1. The Kier molecular flexibility index (Phi) is 4.33. The van der Waals surface area contributed by atoms with Crippen LogP contribution in [0.3, 0.4) is 0 Å². The normalized spacial score (nSPS) is 12.6. The first-order valence-corrected chi connectivity index (χ1v) is 5.52. The van der Waals surface area contributed by atoms with Crippen LogP contribution in [0, 0.1) is 20.8 Å². The number of hydrogen-bond acceptors (Lipinski definition) is 3. The molecule has 0 heterocycles. The van der Waals surface area contributed by atoms with Gasteiger partial charge in [-0.3, -0.25) is 0 Å². The van der Waals surface area contributed by atoms with E-state index in [1.54, 1.807) is 7.11 Å². The highest BCUT2D eigenvalue weighted by Crippen LogP contribution is 2.34. The maximum atomic E-state index is 9.35. The quantitative estimate of drug-likeness (QED) is 0.816. The lowest BCUT2D eigenvalue weighted by atomic mass is 9.90. The summed E-state index contributed by atoms with van der Waals surface area (Å²) in [6.45, 7) is 6.60. The molecular weight excluding hydrogens is 202 g/mol. The smallest absolute Gasteiger partial charge is 0.125 e. The van der Waals surface area contributed by atoms with Crippen LogP contribution in [0.15, 0.2) is 6.07 Å². The van der Waals surface area contributed by atoms with Gasteiger partial charge in [0.1, 0.15) is 5.75 Å². The molecule has 1 unspecified atom stereocenters. The summed E-state index contributed by atoms with van der Waals surface area (Å²) >= 11 is 0. The molecule has 0 bridgehead atoms. The molecule has 0 aliphatic rings. The maximum Gasteiger partial charge on any atom is 0.125 e. The van der Waals surface area contributed by atoms with Crippen molar-refractivity contribution < 1.29 is 9.84 Å². The van der Waals surface area contributed by atoms with E-state index >= 15 is 0 Å². The Morgan fingerprint density at radius 1 is 1.31 bits per heavy atom. The summed E-state index contributed by atoms with van der Waals surface area (Å²) in [5.41, 5.74) is 10.2. The third-order valence-electron chi connectivity index (χ3n) is 3.15. The molecule has 1 aromatic carbocycles. The van der Waals surface area contributed by atoms with Crippen molar-refractivity contribution in [2.45, 2.75) is 26.7 Å². The molecule has 90 valence electrons. The van der Waals surface area contributed by atoms with Gasteiger partial charge in [-0.1, -0.05) is 6.07 Å². The summed E-state index contributed by atoms with van der Waals surface area (Å²) in [7, 11) is 1.66. The Balaban J connectivity index is 3.41. The van der Waals surface area contributed by atoms with Gasteiger partial charge in [-0.15, -0.1) is 0 Å². The summed E-state index contributed by atoms with van der Waals surface area (Å²) in [5, 5.41) is 9.35. The molecule has 0 aromatic heterocycles. The van der Waals surface area contributed by atoms with Gasteiger partial charge in [0.15, 0.2) is 0 Å². The molecule has 0 fully saturated rings. The lowest BCUT2D eigenvalue weighted by molar-refractivity contribution is 0.264. The summed E-state index contributed by atoms with van der Waals surface area (Å²) in [4.78, 5) is 0. The van der Waals surface area contributed by atoms with Crippen molar-refractivity contribution in [1.29, 1.82) is 0 Å². The van der Waals surface area contributed by atoms with Crippen LogP contribution in [0.5, 0.6) is 5.75 Å². The first-order valence-electron chi connectivity index (χ1n) is 5.52. The van der Waals surface area contributed by atoms with E-state index in [9.17, 15) is 5.11 Å². The fourth-order valence-electron chi connectivity index (χ4n) is 2.13. The largest absolute Gasteiger partial charge is 0.496 e. The highest BCUT2D eigenvalue weighted by Gasteiger charge is 2.19. The van der Waals surface area contributed by atoms with Gasteiger partial charge in [-0.05, 0) is 37.5 Å². The van der Waals surface area contributed by atoms with Gasteiger partial charge in [0, 0.05) is 18.0 Å². The standard InChI is InChI=1S/C13H21NO2/c1-8-5-9(2)12(11(6-14)7-15)13(16-4)10(8)3/h5,11,15H,6-7,14H2,1-4H3. The van der Waals surface area contributed by atoms with Gasteiger partial charge >= 0.3 is 0 Å². The first-order chi connectivity index (χ1) is 7.56. The van der Waals surface area contributed by atoms with Crippen LogP contribution >= 0.6 is 0 Å². The van der Waals surface area contributed by atoms with Crippen LogP contribution in [-0.2, 0) is 0 Å². The highest BCUT2D eigenvalue weighted by molar-refractivity contribution is 5.51. The topological polar surface area (TPSA) is 55.5 Å². The van der Waals surface area contributed by atoms with Crippen molar-refractivity contribution >= 4 is 0 Å². The molecule has 3 heteroatoms. The first kappa shape index (κ1) is 13.0. The average Bonchev–Trinajstić information content (AvgIpc) is 2.27. The van der Waals surface area contributed by atoms with E-state index in [2.05, 4.69) is 13.0 Å². The minimum Gasteiger partial charge on any atom is -0.496 e. The number of benzene rings is 1. The Morgan fingerprint density at radius 3 is 2.38 bits per heavy atom. The number of aryl methyl sites for hydroxylation is 2. The van der Waals surface area contributed by atoms with Crippen LogP contribution in [0.1, 0.15) is 28.2 Å². The molecule has 3 N–H and O–H groups in total. The predicted molar refractivity (Wildman–Crippen MR) is 66.1 cm³/mol. The van der Waals surface area contributed by atoms with Crippen LogP contribution < -0.4 is 10.5 Å². The zero-order valence-electron chi connectivity index (χ0n) is 10.5. The number of aliphatic hydroxyl groups is 1. The minimum atomic E-state index is -0.0470. The van der Waals surface area contributed by atoms with E-state index in [4.69, 9.17) is 10.5 Å². The molecule has 0 saturated carbocycles. The van der Waals surface area contributed by atoms with Crippen LogP contribution in [-0.4, -0.2) is 25.4 Å². The van der Waals surface area contributed by atoms with Gasteiger partial charge in [0.2, 0.25) is 0 Å². The van der Waals surface area contributed by atoms with E-state index in [-0.39, 0.29) is 12.5 Å². The molecule has 0 aliphatic carbocycles. The van der Waals surface area contributed by atoms with Gasteiger partial charge < -0.3 is 15.6 Å². The molecule has 1 atom stereocenters. The number of methoxy groups -OCH3 is 1. The molecular formula is C13H21NO2. The molecule has 0 radical (unpaired) electrons. The van der Waals surface area contributed by atoms with E-state index < -0.39 is 0 Å².